The third kappa shape index (κ3) is 3.31. The van der Waals surface area contributed by atoms with Crippen LogP contribution in [0.25, 0.3) is 0 Å². The number of likely N-dealkylation sites (N-methyl/N-ethyl adjacent to an activating group) is 1. The molecule has 2 unspecified atom stereocenters. The number of amides is 1. The summed E-state index contributed by atoms with van der Waals surface area (Å²) in [5, 5.41) is 19.5. The first-order valence-electron chi connectivity index (χ1n) is 6.50. The summed E-state index contributed by atoms with van der Waals surface area (Å²) in [4.78, 5) is 16.2. The number of β-amino-alcohol motifs (C(OH)–C–C–N with tert-alkyl or cyclic N) is 1. The Morgan fingerprint density at radius 2 is 2.20 bits per heavy atom. The van der Waals surface area contributed by atoms with Crippen LogP contribution in [-0.2, 0) is 0 Å². The minimum absolute atomic E-state index is 0.00158. The molecule has 1 aliphatic heterocycles. The van der Waals surface area contributed by atoms with E-state index in [1.165, 1.54) is 6.07 Å². The van der Waals surface area contributed by atoms with E-state index in [-0.39, 0.29) is 17.7 Å². The van der Waals surface area contributed by atoms with E-state index < -0.39 is 6.10 Å². The number of likely N-dealkylation sites (tertiary alicyclic amines) is 1. The maximum absolute atomic E-state index is 12.5. The van der Waals surface area contributed by atoms with E-state index in [9.17, 15) is 15.0 Å². The van der Waals surface area contributed by atoms with Crippen LogP contribution in [-0.4, -0.2) is 65.3 Å². The number of hydrogen-bond acceptors (Lipinski definition) is 4. The Labute approximate surface area is 126 Å². The van der Waals surface area contributed by atoms with Gasteiger partial charge >= 0.3 is 0 Å². The van der Waals surface area contributed by atoms with Crippen molar-refractivity contribution in [2.75, 3.05) is 27.2 Å². The summed E-state index contributed by atoms with van der Waals surface area (Å²) in [6.45, 7) is 1.06. The van der Waals surface area contributed by atoms with Gasteiger partial charge in [0.2, 0.25) is 0 Å². The van der Waals surface area contributed by atoms with Gasteiger partial charge in [0.1, 0.15) is 5.75 Å². The number of aromatic hydroxyl groups is 1. The molecule has 0 bridgehead atoms. The zero-order valence-electron chi connectivity index (χ0n) is 11.6. The lowest BCUT2D eigenvalue weighted by Gasteiger charge is -2.27. The second-order valence-electron chi connectivity index (χ2n) is 5.43. The number of aliphatic hydroxyl groups excluding tert-OH is 1. The number of carbonyl (C=O) groups excluding carboxylic acids is 1. The first-order chi connectivity index (χ1) is 9.38. The van der Waals surface area contributed by atoms with Gasteiger partial charge in [-0.1, -0.05) is 0 Å². The van der Waals surface area contributed by atoms with Crippen molar-refractivity contribution in [2.24, 2.45) is 0 Å². The molecule has 20 heavy (non-hydrogen) atoms. The SMILES string of the molecule is CN(C)CC1CC(O)CN1C(=O)c1ccc(Br)c(O)c1. The average molecular weight is 343 g/mol. The molecule has 0 aromatic heterocycles. The van der Waals surface area contributed by atoms with E-state index in [4.69, 9.17) is 0 Å². The molecule has 0 aliphatic carbocycles. The van der Waals surface area contributed by atoms with Gasteiger partial charge < -0.3 is 20.0 Å². The monoisotopic (exact) mass is 342 g/mol. The molecule has 2 atom stereocenters. The Morgan fingerprint density at radius 1 is 1.50 bits per heavy atom. The Bertz CT molecular complexity index is 507. The number of phenolic OH excluding ortho intramolecular Hbond substituents is 1. The normalized spacial score (nSPS) is 22.6. The summed E-state index contributed by atoms with van der Waals surface area (Å²) >= 11 is 3.19. The van der Waals surface area contributed by atoms with Crippen molar-refractivity contribution >= 4 is 21.8 Å². The highest BCUT2D eigenvalue weighted by Gasteiger charge is 2.35. The molecular weight excluding hydrogens is 324 g/mol. The predicted octanol–water partition coefficient (Wildman–Crippen LogP) is 1.29. The summed E-state index contributed by atoms with van der Waals surface area (Å²) in [5.41, 5.74) is 0.434. The maximum Gasteiger partial charge on any atom is 0.254 e. The fraction of sp³-hybridized carbons (Fsp3) is 0.500. The lowest BCUT2D eigenvalue weighted by Crippen LogP contribution is -2.41. The van der Waals surface area contributed by atoms with Gasteiger partial charge in [0.05, 0.1) is 10.6 Å². The largest absolute Gasteiger partial charge is 0.507 e. The third-order valence-electron chi connectivity index (χ3n) is 3.42. The lowest BCUT2D eigenvalue weighted by atomic mass is 10.1. The Balaban J connectivity index is 2.19. The van der Waals surface area contributed by atoms with Gasteiger partial charge in [-0.3, -0.25) is 4.79 Å². The molecule has 0 radical (unpaired) electrons. The number of benzene rings is 1. The number of aliphatic hydroxyl groups is 1. The van der Waals surface area contributed by atoms with Gasteiger partial charge in [0.15, 0.2) is 0 Å². The topological polar surface area (TPSA) is 64.0 Å². The molecule has 1 heterocycles. The zero-order valence-corrected chi connectivity index (χ0v) is 13.2. The predicted molar refractivity (Wildman–Crippen MR) is 79.8 cm³/mol. The highest BCUT2D eigenvalue weighted by atomic mass is 79.9. The number of rotatable bonds is 3. The van der Waals surface area contributed by atoms with Crippen molar-refractivity contribution in [3.05, 3.63) is 28.2 Å². The molecule has 1 fully saturated rings. The van der Waals surface area contributed by atoms with Crippen molar-refractivity contribution in [2.45, 2.75) is 18.6 Å². The molecule has 1 aliphatic rings. The smallest absolute Gasteiger partial charge is 0.254 e. The van der Waals surface area contributed by atoms with Gasteiger partial charge in [-0.2, -0.15) is 0 Å². The third-order valence-corrected chi connectivity index (χ3v) is 4.09. The maximum atomic E-state index is 12.5. The average Bonchev–Trinajstić information content (AvgIpc) is 2.72. The second kappa shape index (κ2) is 6.11. The van der Waals surface area contributed by atoms with Crippen molar-refractivity contribution < 1.29 is 15.0 Å². The van der Waals surface area contributed by atoms with Gasteiger partial charge in [0, 0.05) is 24.7 Å². The molecule has 1 aromatic rings. The van der Waals surface area contributed by atoms with Gasteiger partial charge in [-0.15, -0.1) is 0 Å². The molecule has 5 nitrogen and oxygen atoms in total. The van der Waals surface area contributed by atoms with Crippen LogP contribution in [0.5, 0.6) is 5.75 Å². The fourth-order valence-electron chi connectivity index (χ4n) is 2.55. The molecule has 0 spiro atoms. The van der Waals surface area contributed by atoms with E-state index in [1.807, 2.05) is 19.0 Å². The van der Waals surface area contributed by atoms with Crippen molar-refractivity contribution in [1.29, 1.82) is 0 Å². The van der Waals surface area contributed by atoms with Crippen LogP contribution < -0.4 is 0 Å². The second-order valence-corrected chi connectivity index (χ2v) is 6.28. The van der Waals surface area contributed by atoms with Crippen LogP contribution in [0.2, 0.25) is 0 Å². The summed E-state index contributed by atoms with van der Waals surface area (Å²) in [6, 6.07) is 4.77. The summed E-state index contributed by atoms with van der Waals surface area (Å²) < 4.78 is 0.556. The highest BCUT2D eigenvalue weighted by molar-refractivity contribution is 9.10. The van der Waals surface area contributed by atoms with Gasteiger partial charge in [0.25, 0.3) is 5.91 Å². The zero-order chi connectivity index (χ0) is 14.9. The van der Waals surface area contributed by atoms with E-state index in [0.717, 1.165) is 0 Å². The molecule has 2 rings (SSSR count). The Kier molecular flexibility index (Phi) is 4.67. The van der Waals surface area contributed by atoms with Gasteiger partial charge in [-0.25, -0.2) is 0 Å². The molecule has 0 saturated carbocycles. The van der Waals surface area contributed by atoms with Crippen LogP contribution in [0, 0.1) is 0 Å². The van der Waals surface area contributed by atoms with Crippen LogP contribution in [0.15, 0.2) is 22.7 Å². The molecule has 6 heteroatoms. The van der Waals surface area contributed by atoms with Crippen LogP contribution >= 0.6 is 15.9 Å². The van der Waals surface area contributed by atoms with Gasteiger partial charge in [-0.05, 0) is 54.6 Å². The van der Waals surface area contributed by atoms with Crippen molar-refractivity contribution in [1.82, 2.24) is 9.80 Å². The quantitative estimate of drug-likeness (QED) is 0.868. The molecule has 110 valence electrons. The van der Waals surface area contributed by atoms with Crippen molar-refractivity contribution in [3.8, 4) is 5.75 Å². The minimum Gasteiger partial charge on any atom is -0.507 e. The first kappa shape index (κ1) is 15.3. The summed E-state index contributed by atoms with van der Waals surface area (Å²) in [5.74, 6) is -0.115. The van der Waals surface area contributed by atoms with E-state index in [0.29, 0.717) is 29.5 Å². The van der Waals surface area contributed by atoms with Crippen molar-refractivity contribution in [3.63, 3.8) is 0 Å². The van der Waals surface area contributed by atoms with E-state index >= 15 is 0 Å². The number of carbonyl (C=O) groups is 1. The number of halogens is 1. The Hall–Kier alpha value is -1.11. The van der Waals surface area contributed by atoms with E-state index in [2.05, 4.69) is 15.9 Å². The van der Waals surface area contributed by atoms with Crippen LogP contribution in [0.1, 0.15) is 16.8 Å². The molecule has 1 saturated heterocycles. The number of hydrogen-bond donors (Lipinski definition) is 2. The van der Waals surface area contributed by atoms with Crippen LogP contribution in [0.4, 0.5) is 0 Å². The van der Waals surface area contributed by atoms with E-state index in [1.54, 1.807) is 17.0 Å². The minimum atomic E-state index is -0.479. The first-order valence-corrected chi connectivity index (χ1v) is 7.30. The molecule has 1 amide bonds. The molecule has 1 aromatic carbocycles. The summed E-state index contributed by atoms with van der Waals surface area (Å²) in [6.07, 6.45) is 0.111. The molecular formula is C14H19BrN2O3. The summed E-state index contributed by atoms with van der Waals surface area (Å²) in [7, 11) is 3.89. The molecule has 2 N–H and O–H groups in total. The number of phenols is 1. The van der Waals surface area contributed by atoms with Crippen LogP contribution in [0.3, 0.4) is 0 Å². The number of nitrogens with zero attached hydrogens (tertiary/aromatic N) is 2. The highest BCUT2D eigenvalue weighted by Crippen LogP contribution is 2.27. The Morgan fingerprint density at radius 3 is 2.80 bits per heavy atom. The fourth-order valence-corrected chi connectivity index (χ4v) is 2.79. The standard InChI is InChI=1S/C14H19BrN2O3/c1-16(2)7-10-6-11(18)8-17(10)14(20)9-3-4-12(15)13(19)5-9/h3-5,10-11,18-19H,6-8H2,1-2H3. The lowest BCUT2D eigenvalue weighted by molar-refractivity contribution is 0.0698.